The number of hydrogen-bond acceptors (Lipinski definition) is 5. The molecule has 142 valence electrons. The largest absolute Gasteiger partial charge is 0.444 e. The topological polar surface area (TPSA) is 84.5 Å². The number of nitrogens with one attached hydrogen (secondary N) is 2. The molecule has 6 nitrogen and oxygen atoms in total. The van der Waals surface area contributed by atoms with Crippen LogP contribution in [0.2, 0.25) is 0 Å². The molecule has 1 aromatic heterocycles. The number of carbonyl (C=O) groups is 1. The second-order valence-electron chi connectivity index (χ2n) is 7.54. The quantitative estimate of drug-likeness (QED) is 0.827. The Morgan fingerprint density at radius 2 is 1.80 bits per heavy atom. The van der Waals surface area contributed by atoms with Crippen LogP contribution in [0.1, 0.15) is 56.2 Å². The highest BCUT2D eigenvalue weighted by Gasteiger charge is 2.32. The molecule has 0 unspecified atom stereocenters. The average Bonchev–Trinajstić information content (AvgIpc) is 2.78. The summed E-state index contributed by atoms with van der Waals surface area (Å²) in [5.41, 5.74) is -0.584. The lowest BCUT2D eigenvalue weighted by atomic mass is 9.91. The number of alkyl carbamates (subject to hydrolysis) is 1. The van der Waals surface area contributed by atoms with Crippen LogP contribution in [0.25, 0.3) is 0 Å². The van der Waals surface area contributed by atoms with Crippen LogP contribution in [0.15, 0.2) is 11.0 Å². The molecule has 25 heavy (non-hydrogen) atoms. The Morgan fingerprint density at radius 1 is 1.20 bits per heavy atom. The Balaban J connectivity index is 2.10. The predicted molar refractivity (Wildman–Crippen MR) is 99.5 cm³/mol. The van der Waals surface area contributed by atoms with Gasteiger partial charge in [0.15, 0.2) is 0 Å². The number of aryl methyl sites for hydroxylation is 2. The maximum Gasteiger partial charge on any atom is 0.407 e. The predicted octanol–water partition coefficient (Wildman–Crippen LogP) is 3.48. The van der Waals surface area contributed by atoms with E-state index in [1.807, 2.05) is 13.8 Å². The number of thiophene rings is 1. The van der Waals surface area contributed by atoms with Crippen molar-refractivity contribution >= 4 is 27.5 Å². The minimum Gasteiger partial charge on any atom is -0.444 e. The van der Waals surface area contributed by atoms with E-state index in [0.29, 0.717) is 11.3 Å². The summed E-state index contributed by atoms with van der Waals surface area (Å²) in [5, 5.41) is 2.83. The van der Waals surface area contributed by atoms with Gasteiger partial charge in [0.25, 0.3) is 0 Å². The Bertz CT molecular complexity index is 719. The summed E-state index contributed by atoms with van der Waals surface area (Å²) in [6.45, 7) is 9.10. The van der Waals surface area contributed by atoms with Gasteiger partial charge in [-0.05, 0) is 53.5 Å². The van der Waals surface area contributed by atoms with Gasteiger partial charge in [-0.3, -0.25) is 0 Å². The highest BCUT2D eigenvalue weighted by molar-refractivity contribution is 7.89. The van der Waals surface area contributed by atoms with Gasteiger partial charge < -0.3 is 10.1 Å². The van der Waals surface area contributed by atoms with Gasteiger partial charge in [0.2, 0.25) is 10.0 Å². The van der Waals surface area contributed by atoms with Gasteiger partial charge >= 0.3 is 6.09 Å². The van der Waals surface area contributed by atoms with Gasteiger partial charge in [-0.15, -0.1) is 11.3 Å². The van der Waals surface area contributed by atoms with E-state index < -0.39 is 21.7 Å². The number of carbonyl (C=O) groups excluding carboxylic acids is 1. The monoisotopic (exact) mass is 388 g/mol. The first-order valence-electron chi connectivity index (χ1n) is 8.57. The SMILES string of the molecule is Cc1cc(S(=O)(=O)N[C@H]2CCCC[C@H]2NC(=O)OC(C)(C)C)c(C)s1. The van der Waals surface area contributed by atoms with Crippen LogP contribution in [0, 0.1) is 13.8 Å². The Hall–Kier alpha value is -1.12. The zero-order valence-electron chi connectivity index (χ0n) is 15.5. The maximum atomic E-state index is 12.7. The first-order valence-corrected chi connectivity index (χ1v) is 10.9. The van der Waals surface area contributed by atoms with Crippen molar-refractivity contribution in [1.82, 2.24) is 10.0 Å². The fourth-order valence-electron chi connectivity index (χ4n) is 3.04. The van der Waals surface area contributed by atoms with Crippen molar-refractivity contribution < 1.29 is 17.9 Å². The average molecular weight is 389 g/mol. The molecule has 0 radical (unpaired) electrons. The molecule has 2 rings (SSSR count). The molecule has 8 heteroatoms. The first-order chi connectivity index (χ1) is 11.5. The molecule has 0 spiro atoms. The van der Waals surface area contributed by atoms with Crippen LogP contribution in [0.5, 0.6) is 0 Å². The third-order valence-electron chi connectivity index (χ3n) is 4.06. The normalized spacial score (nSPS) is 21.8. The second-order valence-corrected chi connectivity index (χ2v) is 10.7. The molecule has 1 aliphatic rings. The fourth-order valence-corrected chi connectivity index (χ4v) is 5.91. The molecule has 0 bridgehead atoms. The molecule has 1 amide bonds. The third kappa shape index (κ3) is 5.69. The van der Waals surface area contributed by atoms with Crippen molar-refractivity contribution in [3.8, 4) is 0 Å². The molecule has 1 fully saturated rings. The summed E-state index contributed by atoms with van der Waals surface area (Å²) >= 11 is 1.47. The van der Waals surface area contributed by atoms with Crippen LogP contribution < -0.4 is 10.0 Å². The summed E-state index contributed by atoms with van der Waals surface area (Å²) in [6, 6.07) is 1.10. The fraction of sp³-hybridized carbons (Fsp3) is 0.706. The third-order valence-corrected chi connectivity index (χ3v) is 6.77. The highest BCUT2D eigenvalue weighted by atomic mass is 32.2. The van der Waals surface area contributed by atoms with E-state index in [9.17, 15) is 13.2 Å². The summed E-state index contributed by atoms with van der Waals surface area (Å²) < 4.78 is 33.6. The summed E-state index contributed by atoms with van der Waals surface area (Å²) in [5.74, 6) is 0. The molecule has 1 aromatic rings. The molecule has 2 N–H and O–H groups in total. The Morgan fingerprint density at radius 3 is 2.32 bits per heavy atom. The lowest BCUT2D eigenvalue weighted by Gasteiger charge is -2.33. The number of sulfonamides is 1. The van der Waals surface area contributed by atoms with Gasteiger partial charge in [-0.25, -0.2) is 17.9 Å². The molecule has 0 aromatic carbocycles. The zero-order chi connectivity index (χ0) is 18.8. The van der Waals surface area contributed by atoms with E-state index in [4.69, 9.17) is 4.74 Å². The van der Waals surface area contributed by atoms with Crippen LogP contribution in [0.3, 0.4) is 0 Å². The van der Waals surface area contributed by atoms with Crippen molar-refractivity contribution in [3.05, 3.63) is 15.8 Å². The number of hydrogen-bond donors (Lipinski definition) is 2. The Labute approximate surface area is 154 Å². The number of amides is 1. The summed E-state index contributed by atoms with van der Waals surface area (Å²) in [4.78, 5) is 14.1. The lowest BCUT2D eigenvalue weighted by Crippen LogP contribution is -2.53. The van der Waals surface area contributed by atoms with Crippen molar-refractivity contribution in [2.45, 2.75) is 82.9 Å². The molecule has 1 saturated carbocycles. The number of rotatable bonds is 4. The molecular formula is C17H28N2O4S2. The van der Waals surface area contributed by atoms with E-state index in [2.05, 4.69) is 10.0 Å². The lowest BCUT2D eigenvalue weighted by molar-refractivity contribution is 0.0483. The van der Waals surface area contributed by atoms with E-state index in [1.54, 1.807) is 26.8 Å². The summed E-state index contributed by atoms with van der Waals surface area (Å²) in [6.07, 6.45) is 2.80. The highest BCUT2D eigenvalue weighted by Crippen LogP contribution is 2.27. The molecular weight excluding hydrogens is 360 g/mol. The molecule has 0 aliphatic heterocycles. The van der Waals surface area contributed by atoms with E-state index >= 15 is 0 Å². The van der Waals surface area contributed by atoms with E-state index in [-0.39, 0.29) is 12.1 Å². The Kier molecular flexibility index (Phi) is 6.17. The first kappa shape index (κ1) is 20.2. The summed E-state index contributed by atoms with van der Waals surface area (Å²) in [7, 11) is -3.61. The molecule has 2 atom stereocenters. The maximum absolute atomic E-state index is 12.7. The zero-order valence-corrected chi connectivity index (χ0v) is 17.1. The minimum atomic E-state index is -3.61. The molecule has 1 aliphatic carbocycles. The standard InChI is InChI=1S/C17H28N2O4S2/c1-11-10-15(12(2)24-11)25(21,22)19-14-9-7-6-8-13(14)18-16(20)23-17(3,4)5/h10,13-14,19H,6-9H2,1-5H3,(H,18,20)/t13-,14+/m1/s1. The van der Waals surface area contributed by atoms with Crippen molar-refractivity contribution in [2.75, 3.05) is 0 Å². The van der Waals surface area contributed by atoms with Crippen LogP contribution >= 0.6 is 11.3 Å². The van der Waals surface area contributed by atoms with E-state index in [1.165, 1.54) is 11.3 Å². The van der Waals surface area contributed by atoms with Crippen LogP contribution in [-0.2, 0) is 14.8 Å². The van der Waals surface area contributed by atoms with Gasteiger partial charge in [0, 0.05) is 21.8 Å². The smallest absolute Gasteiger partial charge is 0.407 e. The van der Waals surface area contributed by atoms with E-state index in [0.717, 1.165) is 29.0 Å². The molecule has 1 heterocycles. The second kappa shape index (κ2) is 7.63. The van der Waals surface area contributed by atoms with Crippen LogP contribution in [0.4, 0.5) is 4.79 Å². The van der Waals surface area contributed by atoms with Gasteiger partial charge in [-0.1, -0.05) is 12.8 Å². The molecule has 0 saturated heterocycles. The van der Waals surface area contributed by atoms with Gasteiger partial charge in [0.05, 0.1) is 4.90 Å². The van der Waals surface area contributed by atoms with Crippen molar-refractivity contribution in [3.63, 3.8) is 0 Å². The number of ether oxygens (including phenoxy) is 1. The van der Waals surface area contributed by atoms with Crippen molar-refractivity contribution in [2.24, 2.45) is 0 Å². The van der Waals surface area contributed by atoms with Gasteiger partial charge in [-0.2, -0.15) is 0 Å². The van der Waals surface area contributed by atoms with Gasteiger partial charge in [0.1, 0.15) is 5.60 Å². The van der Waals surface area contributed by atoms with Crippen molar-refractivity contribution in [1.29, 1.82) is 0 Å². The minimum absolute atomic E-state index is 0.265. The van der Waals surface area contributed by atoms with Crippen LogP contribution in [-0.4, -0.2) is 32.2 Å².